The summed E-state index contributed by atoms with van der Waals surface area (Å²) in [4.78, 5) is 4.69. The predicted molar refractivity (Wildman–Crippen MR) is 84.3 cm³/mol. The Morgan fingerprint density at radius 1 is 1.25 bits per heavy atom. The average Bonchev–Trinajstić information content (AvgIpc) is 2.93. The van der Waals surface area contributed by atoms with E-state index in [0.29, 0.717) is 5.92 Å². The van der Waals surface area contributed by atoms with Crippen molar-refractivity contribution in [2.45, 2.75) is 32.7 Å². The molecular formula is C17H21N3. The molecule has 0 spiro atoms. The highest BCUT2D eigenvalue weighted by atomic mass is 15.1. The molecule has 2 N–H and O–H groups in total. The van der Waals surface area contributed by atoms with Crippen molar-refractivity contribution in [3.8, 4) is 0 Å². The number of pyridine rings is 1. The smallest absolute Gasteiger partial charge is 0.131 e. The first-order valence-corrected chi connectivity index (χ1v) is 7.29. The van der Waals surface area contributed by atoms with Crippen LogP contribution in [-0.4, -0.2) is 11.5 Å². The van der Waals surface area contributed by atoms with Gasteiger partial charge in [-0.25, -0.2) is 4.98 Å². The fourth-order valence-electron chi connectivity index (χ4n) is 2.70. The standard InChI is InChI=1S/C17H21N3/c1-12(2)15-10-16(20-17-14(15)8-9-18-17)19-11-13-6-4-3-5-7-13/h3-7,10,12H,8-9,11H2,1-2H3,(H2,18,19,20). The van der Waals surface area contributed by atoms with Gasteiger partial charge in [0.2, 0.25) is 0 Å². The second-order valence-electron chi connectivity index (χ2n) is 5.59. The lowest BCUT2D eigenvalue weighted by Crippen LogP contribution is -2.05. The molecule has 0 radical (unpaired) electrons. The summed E-state index contributed by atoms with van der Waals surface area (Å²) in [7, 11) is 0. The topological polar surface area (TPSA) is 37.0 Å². The summed E-state index contributed by atoms with van der Waals surface area (Å²) < 4.78 is 0. The van der Waals surface area contributed by atoms with Gasteiger partial charge in [-0.3, -0.25) is 0 Å². The molecule has 0 fully saturated rings. The fraction of sp³-hybridized carbons (Fsp3) is 0.353. The summed E-state index contributed by atoms with van der Waals surface area (Å²) in [6.07, 6.45) is 1.09. The molecule has 2 heterocycles. The minimum atomic E-state index is 0.531. The van der Waals surface area contributed by atoms with Crippen LogP contribution in [0.25, 0.3) is 0 Å². The molecule has 1 aliphatic heterocycles. The van der Waals surface area contributed by atoms with Crippen LogP contribution >= 0.6 is 0 Å². The van der Waals surface area contributed by atoms with Gasteiger partial charge in [-0.05, 0) is 35.1 Å². The highest BCUT2D eigenvalue weighted by molar-refractivity contribution is 5.59. The molecule has 0 aliphatic carbocycles. The Kier molecular flexibility index (Phi) is 3.59. The second kappa shape index (κ2) is 5.53. The Labute approximate surface area is 120 Å². The summed E-state index contributed by atoms with van der Waals surface area (Å²) in [5.41, 5.74) is 4.08. The third-order valence-electron chi connectivity index (χ3n) is 3.76. The van der Waals surface area contributed by atoms with E-state index in [1.54, 1.807) is 0 Å². The van der Waals surface area contributed by atoms with Crippen LogP contribution in [0.15, 0.2) is 36.4 Å². The molecule has 2 aromatic rings. The van der Waals surface area contributed by atoms with E-state index in [-0.39, 0.29) is 0 Å². The molecule has 0 amide bonds. The maximum absolute atomic E-state index is 4.69. The van der Waals surface area contributed by atoms with Gasteiger partial charge in [-0.15, -0.1) is 0 Å². The Hall–Kier alpha value is -2.03. The zero-order valence-electron chi connectivity index (χ0n) is 12.1. The molecule has 0 bridgehead atoms. The van der Waals surface area contributed by atoms with Gasteiger partial charge in [-0.2, -0.15) is 0 Å². The molecule has 0 saturated carbocycles. The number of anilines is 2. The Morgan fingerprint density at radius 2 is 2.05 bits per heavy atom. The van der Waals surface area contributed by atoms with E-state index in [2.05, 4.69) is 59.8 Å². The van der Waals surface area contributed by atoms with Crippen molar-refractivity contribution in [3.05, 3.63) is 53.1 Å². The number of rotatable bonds is 4. The maximum atomic E-state index is 4.69. The van der Waals surface area contributed by atoms with Crippen LogP contribution in [0.3, 0.4) is 0 Å². The van der Waals surface area contributed by atoms with Gasteiger partial charge >= 0.3 is 0 Å². The fourth-order valence-corrected chi connectivity index (χ4v) is 2.70. The summed E-state index contributed by atoms with van der Waals surface area (Å²) in [6.45, 7) is 6.30. The lowest BCUT2D eigenvalue weighted by Gasteiger charge is -2.14. The number of benzene rings is 1. The first kappa shape index (κ1) is 13.0. The van der Waals surface area contributed by atoms with Crippen LogP contribution in [0.4, 0.5) is 11.6 Å². The molecule has 1 aromatic heterocycles. The molecule has 20 heavy (non-hydrogen) atoms. The molecule has 3 heteroatoms. The summed E-state index contributed by atoms with van der Waals surface area (Å²) in [5.74, 6) is 2.56. The van der Waals surface area contributed by atoms with E-state index >= 15 is 0 Å². The van der Waals surface area contributed by atoms with Gasteiger partial charge in [0.25, 0.3) is 0 Å². The van der Waals surface area contributed by atoms with Gasteiger partial charge < -0.3 is 10.6 Å². The van der Waals surface area contributed by atoms with Crippen molar-refractivity contribution < 1.29 is 0 Å². The van der Waals surface area contributed by atoms with Gasteiger partial charge in [-0.1, -0.05) is 44.2 Å². The van der Waals surface area contributed by atoms with Crippen LogP contribution in [0, 0.1) is 0 Å². The highest BCUT2D eigenvalue weighted by Crippen LogP contribution is 2.31. The molecule has 1 aliphatic rings. The predicted octanol–water partition coefficient (Wildman–Crippen LogP) is 3.79. The number of hydrogen-bond acceptors (Lipinski definition) is 3. The lowest BCUT2D eigenvalue weighted by molar-refractivity contribution is 0.846. The van der Waals surface area contributed by atoms with Crippen molar-refractivity contribution in [1.29, 1.82) is 0 Å². The first-order valence-electron chi connectivity index (χ1n) is 7.29. The van der Waals surface area contributed by atoms with Crippen molar-refractivity contribution in [3.63, 3.8) is 0 Å². The zero-order valence-corrected chi connectivity index (χ0v) is 12.1. The molecule has 0 saturated heterocycles. The van der Waals surface area contributed by atoms with E-state index in [4.69, 9.17) is 0 Å². The normalized spacial score (nSPS) is 13.2. The number of aromatic nitrogens is 1. The Balaban J connectivity index is 1.82. The van der Waals surface area contributed by atoms with Gasteiger partial charge in [0.15, 0.2) is 0 Å². The number of fused-ring (bicyclic) bond motifs is 1. The van der Waals surface area contributed by atoms with Crippen molar-refractivity contribution in [1.82, 2.24) is 4.98 Å². The molecular weight excluding hydrogens is 246 g/mol. The van der Waals surface area contributed by atoms with Crippen molar-refractivity contribution >= 4 is 11.6 Å². The second-order valence-corrected chi connectivity index (χ2v) is 5.59. The summed E-state index contributed by atoms with van der Waals surface area (Å²) in [6, 6.07) is 12.6. The minimum absolute atomic E-state index is 0.531. The van der Waals surface area contributed by atoms with Crippen molar-refractivity contribution in [2.24, 2.45) is 0 Å². The maximum Gasteiger partial charge on any atom is 0.131 e. The quantitative estimate of drug-likeness (QED) is 0.885. The van der Waals surface area contributed by atoms with Crippen molar-refractivity contribution in [2.75, 3.05) is 17.2 Å². The Morgan fingerprint density at radius 3 is 2.80 bits per heavy atom. The number of hydrogen-bond donors (Lipinski definition) is 2. The highest BCUT2D eigenvalue weighted by Gasteiger charge is 2.18. The zero-order chi connectivity index (χ0) is 13.9. The summed E-state index contributed by atoms with van der Waals surface area (Å²) >= 11 is 0. The van der Waals surface area contributed by atoms with Gasteiger partial charge in [0, 0.05) is 13.1 Å². The molecule has 1 aromatic carbocycles. The van der Waals surface area contributed by atoms with Crippen LogP contribution < -0.4 is 10.6 Å². The first-order chi connectivity index (χ1) is 9.74. The lowest BCUT2D eigenvalue weighted by atomic mass is 9.97. The number of nitrogens with zero attached hydrogens (tertiary/aromatic N) is 1. The SMILES string of the molecule is CC(C)c1cc(NCc2ccccc2)nc2c1CCN2. The third kappa shape index (κ3) is 2.62. The van der Waals surface area contributed by atoms with E-state index in [0.717, 1.165) is 31.1 Å². The van der Waals surface area contributed by atoms with Crippen LogP contribution in [0.5, 0.6) is 0 Å². The van der Waals surface area contributed by atoms with E-state index in [9.17, 15) is 0 Å². The van der Waals surface area contributed by atoms with Gasteiger partial charge in [0.05, 0.1) is 0 Å². The van der Waals surface area contributed by atoms with Crippen LogP contribution in [-0.2, 0) is 13.0 Å². The largest absolute Gasteiger partial charge is 0.369 e. The Bertz CT molecular complexity index is 591. The molecule has 3 rings (SSSR count). The summed E-state index contributed by atoms with van der Waals surface area (Å²) in [5, 5.41) is 6.82. The van der Waals surface area contributed by atoms with E-state index in [1.165, 1.54) is 16.7 Å². The number of nitrogens with one attached hydrogen (secondary N) is 2. The third-order valence-corrected chi connectivity index (χ3v) is 3.76. The molecule has 0 atom stereocenters. The molecule has 3 nitrogen and oxygen atoms in total. The monoisotopic (exact) mass is 267 g/mol. The van der Waals surface area contributed by atoms with Crippen LogP contribution in [0.2, 0.25) is 0 Å². The molecule has 104 valence electrons. The van der Waals surface area contributed by atoms with Gasteiger partial charge in [0.1, 0.15) is 11.6 Å². The van der Waals surface area contributed by atoms with E-state index in [1.807, 2.05) is 6.07 Å². The minimum Gasteiger partial charge on any atom is -0.369 e. The van der Waals surface area contributed by atoms with E-state index < -0.39 is 0 Å². The van der Waals surface area contributed by atoms with Crippen LogP contribution in [0.1, 0.15) is 36.5 Å². The average molecular weight is 267 g/mol. The molecule has 0 unspecified atom stereocenters.